The van der Waals surface area contributed by atoms with Gasteiger partial charge in [-0.15, -0.1) is 22.7 Å². The summed E-state index contributed by atoms with van der Waals surface area (Å²) < 4.78 is 1.30. The van der Waals surface area contributed by atoms with Gasteiger partial charge in [0.15, 0.2) is 0 Å². The predicted molar refractivity (Wildman–Crippen MR) is 114 cm³/mol. The highest BCUT2D eigenvalue weighted by Gasteiger charge is 2.12. The van der Waals surface area contributed by atoms with Gasteiger partial charge in [-0.3, -0.25) is 14.2 Å². The molecule has 0 aliphatic rings. The maximum Gasteiger partial charge on any atom is 0.262 e. The average Bonchev–Trinajstić information content (AvgIpc) is 3.32. The first-order valence-corrected chi connectivity index (χ1v) is 10.2. The summed E-state index contributed by atoms with van der Waals surface area (Å²) in [6, 6.07) is 13.6. The molecule has 6 nitrogen and oxygen atoms in total. The summed E-state index contributed by atoms with van der Waals surface area (Å²) in [5, 5.41) is 6.43. The molecule has 3 heterocycles. The summed E-state index contributed by atoms with van der Waals surface area (Å²) in [6.45, 7) is 1.84. The monoisotopic (exact) mass is 408 g/mol. The van der Waals surface area contributed by atoms with Crippen LogP contribution in [0.3, 0.4) is 0 Å². The summed E-state index contributed by atoms with van der Waals surface area (Å²) in [6.07, 6.45) is 3.01. The third kappa shape index (κ3) is 3.78. The number of nitrogens with one attached hydrogen (secondary N) is 1. The fourth-order valence-corrected chi connectivity index (χ4v) is 4.47. The van der Waals surface area contributed by atoms with Crippen molar-refractivity contribution in [2.75, 3.05) is 0 Å². The number of thiophene rings is 2. The van der Waals surface area contributed by atoms with Crippen molar-refractivity contribution in [3.8, 4) is 10.4 Å². The second-order valence-electron chi connectivity index (χ2n) is 6.13. The smallest absolute Gasteiger partial charge is 0.262 e. The van der Waals surface area contributed by atoms with Crippen molar-refractivity contribution in [3.63, 3.8) is 0 Å². The van der Waals surface area contributed by atoms with Crippen LogP contribution in [0.1, 0.15) is 10.4 Å². The quantitative estimate of drug-likeness (QED) is 0.405. The van der Waals surface area contributed by atoms with Crippen molar-refractivity contribution in [2.24, 2.45) is 5.10 Å². The van der Waals surface area contributed by atoms with E-state index >= 15 is 0 Å². The Balaban J connectivity index is 1.52. The first kappa shape index (κ1) is 18.3. The van der Waals surface area contributed by atoms with E-state index in [2.05, 4.69) is 15.5 Å². The molecule has 0 atom stereocenters. The van der Waals surface area contributed by atoms with E-state index in [4.69, 9.17) is 0 Å². The highest BCUT2D eigenvalue weighted by Crippen LogP contribution is 2.30. The van der Waals surface area contributed by atoms with Gasteiger partial charge in [-0.05, 0) is 35.6 Å². The van der Waals surface area contributed by atoms with Crippen LogP contribution in [0.15, 0.2) is 64.1 Å². The molecular formula is C20H16N4O2S2. The Morgan fingerprint density at radius 1 is 1.29 bits per heavy atom. The molecule has 0 spiro atoms. The number of hydrogen-bond acceptors (Lipinski definition) is 6. The molecule has 1 amide bonds. The summed E-state index contributed by atoms with van der Waals surface area (Å²) in [4.78, 5) is 31.8. The molecule has 4 rings (SSSR count). The van der Waals surface area contributed by atoms with E-state index in [0.717, 1.165) is 20.9 Å². The molecule has 1 N–H and O–H groups in total. The first-order valence-electron chi connectivity index (χ1n) is 8.52. The van der Waals surface area contributed by atoms with Crippen molar-refractivity contribution >= 4 is 45.0 Å². The van der Waals surface area contributed by atoms with Crippen LogP contribution in [0, 0.1) is 6.92 Å². The zero-order chi connectivity index (χ0) is 19.5. The maximum absolute atomic E-state index is 12.7. The molecule has 0 saturated heterocycles. The van der Waals surface area contributed by atoms with Crippen molar-refractivity contribution in [1.82, 2.24) is 15.0 Å². The summed E-state index contributed by atoms with van der Waals surface area (Å²) in [5.74, 6) is -0.382. The molecular weight excluding hydrogens is 392 g/mol. The van der Waals surface area contributed by atoms with E-state index in [1.165, 1.54) is 22.2 Å². The minimum atomic E-state index is -0.382. The van der Waals surface area contributed by atoms with Gasteiger partial charge in [-0.1, -0.05) is 30.3 Å². The van der Waals surface area contributed by atoms with Crippen LogP contribution in [0.2, 0.25) is 0 Å². The zero-order valence-corrected chi connectivity index (χ0v) is 16.6. The lowest BCUT2D eigenvalue weighted by molar-refractivity contribution is -0.121. The van der Waals surface area contributed by atoms with Crippen LogP contribution in [-0.2, 0) is 11.3 Å². The second kappa shape index (κ2) is 7.87. The number of nitrogens with zero attached hydrogens (tertiary/aromatic N) is 3. The number of carbonyl (C=O) groups is 1. The molecule has 8 heteroatoms. The summed E-state index contributed by atoms with van der Waals surface area (Å²) in [5.41, 5.74) is 4.35. The average molecular weight is 409 g/mol. The van der Waals surface area contributed by atoms with Gasteiger partial charge in [-0.2, -0.15) is 5.10 Å². The third-order valence-electron chi connectivity index (χ3n) is 4.16. The Kier molecular flexibility index (Phi) is 5.14. The van der Waals surface area contributed by atoms with Crippen molar-refractivity contribution in [1.29, 1.82) is 0 Å². The van der Waals surface area contributed by atoms with E-state index in [9.17, 15) is 9.59 Å². The summed E-state index contributed by atoms with van der Waals surface area (Å²) >= 11 is 3.00. The third-order valence-corrected chi connectivity index (χ3v) is 6.21. The van der Waals surface area contributed by atoms with E-state index in [-0.39, 0.29) is 18.0 Å². The zero-order valence-electron chi connectivity index (χ0n) is 15.0. The van der Waals surface area contributed by atoms with Gasteiger partial charge in [0.2, 0.25) is 0 Å². The van der Waals surface area contributed by atoms with Crippen LogP contribution in [0.25, 0.3) is 20.7 Å². The fourth-order valence-electron chi connectivity index (χ4n) is 2.69. The number of hydrazone groups is 1. The molecule has 0 aliphatic carbocycles. The molecule has 0 saturated carbocycles. The van der Waals surface area contributed by atoms with Crippen molar-refractivity contribution < 1.29 is 4.79 Å². The van der Waals surface area contributed by atoms with Crippen molar-refractivity contribution in [3.05, 3.63) is 75.0 Å². The minimum Gasteiger partial charge on any atom is -0.289 e. The Bertz CT molecular complexity index is 1220. The van der Waals surface area contributed by atoms with Crippen LogP contribution >= 0.6 is 22.7 Å². The first-order chi connectivity index (χ1) is 13.6. The molecule has 0 fully saturated rings. The Morgan fingerprint density at radius 3 is 2.86 bits per heavy atom. The molecule has 140 valence electrons. The lowest BCUT2D eigenvalue weighted by Crippen LogP contribution is -2.29. The molecule has 3 aromatic heterocycles. The van der Waals surface area contributed by atoms with Crippen LogP contribution in [0.5, 0.6) is 0 Å². The van der Waals surface area contributed by atoms with Gasteiger partial charge in [0.25, 0.3) is 11.5 Å². The SMILES string of the molecule is Cc1ccsc1C=NNC(=O)Cn1cnc2sc(-c3ccccc3)cc2c1=O. The predicted octanol–water partition coefficient (Wildman–Crippen LogP) is 3.65. The Morgan fingerprint density at radius 2 is 2.11 bits per heavy atom. The minimum absolute atomic E-state index is 0.140. The Labute approximate surface area is 168 Å². The number of aryl methyl sites for hydroxylation is 1. The van der Waals surface area contributed by atoms with Gasteiger partial charge < -0.3 is 0 Å². The number of fused-ring (bicyclic) bond motifs is 1. The molecule has 0 bridgehead atoms. The van der Waals surface area contributed by atoms with E-state index in [1.54, 1.807) is 17.6 Å². The van der Waals surface area contributed by atoms with E-state index in [1.807, 2.05) is 54.8 Å². The van der Waals surface area contributed by atoms with Gasteiger partial charge in [0.05, 0.1) is 17.9 Å². The lowest BCUT2D eigenvalue weighted by atomic mass is 10.2. The number of amides is 1. The molecule has 0 radical (unpaired) electrons. The number of benzene rings is 1. The maximum atomic E-state index is 12.7. The van der Waals surface area contributed by atoms with Crippen LogP contribution in [0.4, 0.5) is 0 Å². The highest BCUT2D eigenvalue weighted by molar-refractivity contribution is 7.21. The Hall–Kier alpha value is -3.10. The van der Waals surface area contributed by atoms with Gasteiger partial charge in [0, 0.05) is 9.75 Å². The standard InChI is InChI=1S/C20H16N4O2S2/c1-13-7-8-27-17(13)10-22-23-18(25)11-24-12-21-19-15(20(24)26)9-16(28-19)14-5-3-2-4-6-14/h2-10,12H,11H2,1H3,(H,23,25). The van der Waals surface area contributed by atoms with E-state index < -0.39 is 0 Å². The molecule has 0 aliphatic heterocycles. The van der Waals surface area contributed by atoms with E-state index in [0.29, 0.717) is 10.2 Å². The van der Waals surface area contributed by atoms with Crippen molar-refractivity contribution in [2.45, 2.75) is 13.5 Å². The van der Waals surface area contributed by atoms with Gasteiger partial charge >= 0.3 is 0 Å². The summed E-state index contributed by atoms with van der Waals surface area (Å²) in [7, 11) is 0. The number of aromatic nitrogens is 2. The van der Waals surface area contributed by atoms with Crippen LogP contribution < -0.4 is 11.0 Å². The highest BCUT2D eigenvalue weighted by atomic mass is 32.1. The molecule has 0 unspecified atom stereocenters. The number of carbonyl (C=O) groups excluding carboxylic acids is 1. The lowest BCUT2D eigenvalue weighted by Gasteiger charge is -2.03. The molecule has 28 heavy (non-hydrogen) atoms. The topological polar surface area (TPSA) is 76.3 Å². The normalized spacial score (nSPS) is 11.3. The van der Waals surface area contributed by atoms with Crippen LogP contribution in [-0.4, -0.2) is 21.7 Å². The molecule has 4 aromatic rings. The van der Waals surface area contributed by atoms with Gasteiger partial charge in [-0.25, -0.2) is 10.4 Å². The largest absolute Gasteiger partial charge is 0.289 e. The second-order valence-corrected chi connectivity index (χ2v) is 8.11. The molecule has 1 aromatic carbocycles. The number of rotatable bonds is 5. The fraction of sp³-hybridized carbons (Fsp3) is 0.100. The number of hydrogen-bond donors (Lipinski definition) is 1. The van der Waals surface area contributed by atoms with Gasteiger partial charge in [0.1, 0.15) is 11.4 Å².